The van der Waals surface area contributed by atoms with Gasteiger partial charge in [0.1, 0.15) is 16.1 Å². The molecule has 1 unspecified atom stereocenters. The van der Waals surface area contributed by atoms with Crippen molar-refractivity contribution >= 4 is 23.2 Å². The Balaban J connectivity index is 2.57. The largest absolute Gasteiger partial charge is 0.591 e. The fourth-order valence-corrected chi connectivity index (χ4v) is 3.06. The third kappa shape index (κ3) is 4.66. The van der Waals surface area contributed by atoms with Crippen LogP contribution in [-0.4, -0.2) is 44.2 Å². The Morgan fingerprint density at radius 2 is 1.80 bits per heavy atom. The van der Waals surface area contributed by atoms with E-state index in [1.54, 1.807) is 7.05 Å². The summed E-state index contributed by atoms with van der Waals surface area (Å²) in [4.78, 5) is 12.3. The van der Waals surface area contributed by atoms with Gasteiger partial charge in [-0.2, -0.15) is 0 Å². The fraction of sp³-hybridized carbons (Fsp3) is 0.857. The lowest BCUT2D eigenvalue weighted by Gasteiger charge is -2.33. The molecule has 116 valence electrons. The Kier molecular flexibility index (Phi) is 5.89. The Morgan fingerprint density at radius 3 is 2.20 bits per heavy atom. The number of rotatable bonds is 3. The van der Waals surface area contributed by atoms with E-state index in [9.17, 15) is 9.35 Å². The third-order valence-electron chi connectivity index (χ3n) is 3.89. The molecule has 1 amide bonds. The van der Waals surface area contributed by atoms with Gasteiger partial charge in [0.05, 0.1) is 5.71 Å². The van der Waals surface area contributed by atoms with Crippen molar-refractivity contribution in [2.24, 2.45) is 10.3 Å². The molecular weight excluding hydrogens is 276 g/mol. The molecule has 5 nitrogen and oxygen atoms in total. The van der Waals surface area contributed by atoms with Gasteiger partial charge in [0.15, 0.2) is 0 Å². The predicted molar refractivity (Wildman–Crippen MR) is 82.5 cm³/mol. The minimum absolute atomic E-state index is 0.102. The van der Waals surface area contributed by atoms with E-state index in [2.05, 4.69) is 4.40 Å². The van der Waals surface area contributed by atoms with Crippen LogP contribution in [0.1, 0.15) is 53.4 Å². The van der Waals surface area contributed by atoms with E-state index >= 15 is 0 Å². The van der Waals surface area contributed by atoms with Crippen molar-refractivity contribution < 1.29 is 14.5 Å². The molecule has 0 aromatic rings. The van der Waals surface area contributed by atoms with Crippen LogP contribution >= 0.6 is 0 Å². The molecule has 0 aliphatic heterocycles. The van der Waals surface area contributed by atoms with Crippen molar-refractivity contribution in [2.75, 3.05) is 7.05 Å². The van der Waals surface area contributed by atoms with Gasteiger partial charge in [-0.25, -0.2) is 4.79 Å². The highest BCUT2D eigenvalue weighted by Crippen LogP contribution is 2.29. The number of carbonyl (C=O) groups is 1. The highest BCUT2D eigenvalue weighted by molar-refractivity contribution is 7.91. The summed E-state index contributed by atoms with van der Waals surface area (Å²) < 4.78 is 16.0. The van der Waals surface area contributed by atoms with Crippen molar-refractivity contribution in [1.29, 1.82) is 0 Å². The van der Waals surface area contributed by atoms with E-state index in [1.165, 1.54) is 4.90 Å². The summed E-state index contributed by atoms with van der Waals surface area (Å²) in [7, 11) is 1.63. The smallest absolute Gasteiger partial charge is 0.407 e. The van der Waals surface area contributed by atoms with Crippen molar-refractivity contribution in [2.45, 2.75) is 64.2 Å². The predicted octanol–water partition coefficient (Wildman–Crippen LogP) is 3.08. The van der Waals surface area contributed by atoms with Crippen LogP contribution in [0.4, 0.5) is 4.79 Å². The molecule has 20 heavy (non-hydrogen) atoms. The summed E-state index contributed by atoms with van der Waals surface area (Å²) in [5.41, 5.74) is 0.940. The van der Waals surface area contributed by atoms with Gasteiger partial charge in [0, 0.05) is 19.0 Å². The summed E-state index contributed by atoms with van der Waals surface area (Å²) >= 11 is -1.21. The normalized spacial score (nSPS) is 26.2. The third-order valence-corrected chi connectivity index (χ3v) is 5.39. The average molecular weight is 302 g/mol. The standard InChI is InChI=1S/C14H26N2O3S/c1-10(15-20(19)14(2,3)4)11-6-8-12(9-7-11)16(5)13(17)18/h11-12H,6-9H2,1-5H3,(H,17,18). The van der Waals surface area contributed by atoms with Crippen molar-refractivity contribution in [3.05, 3.63) is 0 Å². The number of hydrogen-bond acceptors (Lipinski definition) is 3. The average Bonchev–Trinajstić information content (AvgIpc) is 2.36. The van der Waals surface area contributed by atoms with Gasteiger partial charge >= 0.3 is 6.09 Å². The number of carboxylic acid groups (broad SMARTS) is 1. The molecule has 0 spiro atoms. The Labute approximate surface area is 124 Å². The second-order valence-electron chi connectivity index (χ2n) is 6.49. The first-order valence-corrected chi connectivity index (χ1v) is 8.16. The van der Waals surface area contributed by atoms with Crippen molar-refractivity contribution in [1.82, 2.24) is 4.90 Å². The van der Waals surface area contributed by atoms with E-state index < -0.39 is 17.5 Å². The Hall–Kier alpha value is -0.750. The zero-order valence-electron chi connectivity index (χ0n) is 13.0. The molecule has 1 saturated carbocycles. The number of nitrogens with zero attached hydrogens (tertiary/aromatic N) is 2. The van der Waals surface area contributed by atoms with Crippen LogP contribution in [0.15, 0.2) is 4.40 Å². The van der Waals surface area contributed by atoms with Crippen LogP contribution in [0.25, 0.3) is 0 Å². The molecule has 0 saturated heterocycles. The quantitative estimate of drug-likeness (QED) is 0.643. The molecule has 1 fully saturated rings. The van der Waals surface area contributed by atoms with Gasteiger partial charge in [-0.15, -0.1) is 0 Å². The molecule has 1 rings (SSSR count). The molecule has 0 bridgehead atoms. The zero-order chi connectivity index (χ0) is 15.5. The van der Waals surface area contributed by atoms with Crippen LogP contribution in [-0.2, 0) is 11.4 Å². The van der Waals surface area contributed by atoms with E-state index in [0.717, 1.165) is 31.4 Å². The molecule has 0 radical (unpaired) electrons. The van der Waals surface area contributed by atoms with Gasteiger partial charge in [0.2, 0.25) is 0 Å². The lowest BCUT2D eigenvalue weighted by Crippen LogP contribution is -2.39. The van der Waals surface area contributed by atoms with Crippen LogP contribution in [0.2, 0.25) is 0 Å². The number of hydrogen-bond donors (Lipinski definition) is 1. The first kappa shape index (κ1) is 17.3. The number of amides is 1. The molecule has 1 atom stereocenters. The molecule has 0 aromatic carbocycles. The summed E-state index contributed by atoms with van der Waals surface area (Å²) in [6, 6.07) is 0.102. The second-order valence-corrected chi connectivity index (χ2v) is 8.40. The van der Waals surface area contributed by atoms with Gasteiger partial charge < -0.3 is 14.6 Å². The second kappa shape index (κ2) is 6.80. The Morgan fingerprint density at radius 1 is 1.30 bits per heavy atom. The highest BCUT2D eigenvalue weighted by Gasteiger charge is 2.31. The van der Waals surface area contributed by atoms with E-state index in [1.807, 2.05) is 27.7 Å². The molecule has 0 aromatic heterocycles. The first-order chi connectivity index (χ1) is 9.12. The molecule has 6 heteroatoms. The zero-order valence-corrected chi connectivity index (χ0v) is 13.9. The van der Waals surface area contributed by atoms with Crippen LogP contribution in [0.3, 0.4) is 0 Å². The monoisotopic (exact) mass is 302 g/mol. The summed E-state index contributed by atoms with van der Waals surface area (Å²) in [6.45, 7) is 7.69. The van der Waals surface area contributed by atoms with Gasteiger partial charge in [0.25, 0.3) is 0 Å². The topological polar surface area (TPSA) is 76.0 Å². The maximum atomic E-state index is 12.0. The van der Waals surface area contributed by atoms with E-state index in [4.69, 9.17) is 5.11 Å². The Bertz CT molecular complexity index is 371. The molecule has 1 aliphatic carbocycles. The SMILES string of the molecule is CC(=N[S+]([O-])C(C)(C)C)C1CCC(N(C)C(=O)O)CC1. The van der Waals surface area contributed by atoms with Crippen molar-refractivity contribution in [3.63, 3.8) is 0 Å². The lowest BCUT2D eigenvalue weighted by atomic mass is 9.83. The minimum atomic E-state index is -1.21. The fourth-order valence-electron chi connectivity index (χ4n) is 2.38. The maximum Gasteiger partial charge on any atom is 0.407 e. The van der Waals surface area contributed by atoms with Crippen LogP contribution in [0, 0.1) is 5.92 Å². The summed E-state index contributed by atoms with van der Waals surface area (Å²) in [5, 5.41) is 8.98. The van der Waals surface area contributed by atoms with Crippen LogP contribution < -0.4 is 0 Å². The summed E-state index contributed by atoms with van der Waals surface area (Å²) in [5.74, 6) is 0.333. The van der Waals surface area contributed by atoms with Crippen molar-refractivity contribution in [3.8, 4) is 0 Å². The van der Waals surface area contributed by atoms with Crippen LogP contribution in [0.5, 0.6) is 0 Å². The van der Waals surface area contributed by atoms with Gasteiger partial charge in [-0.3, -0.25) is 0 Å². The summed E-state index contributed by atoms with van der Waals surface area (Å²) in [6.07, 6.45) is 2.66. The van der Waals surface area contributed by atoms with E-state index in [0.29, 0.717) is 5.92 Å². The molecule has 0 heterocycles. The molecule has 1 N–H and O–H groups in total. The van der Waals surface area contributed by atoms with Gasteiger partial charge in [-0.1, -0.05) is 4.40 Å². The van der Waals surface area contributed by atoms with E-state index in [-0.39, 0.29) is 10.8 Å². The lowest BCUT2D eigenvalue weighted by molar-refractivity contribution is 0.123. The minimum Gasteiger partial charge on any atom is -0.591 e. The maximum absolute atomic E-state index is 12.0. The molecular formula is C14H26N2O3S. The highest BCUT2D eigenvalue weighted by atomic mass is 32.2. The first-order valence-electron chi connectivity index (χ1n) is 7.06. The van der Waals surface area contributed by atoms with Gasteiger partial charge in [-0.05, 0) is 53.4 Å². The molecule has 1 aliphatic rings.